The summed E-state index contributed by atoms with van der Waals surface area (Å²) in [6.07, 6.45) is 4.79. The highest BCUT2D eigenvalue weighted by atomic mass is 19.3. The Morgan fingerprint density at radius 2 is 1.86 bits per heavy atom. The highest BCUT2D eigenvalue weighted by Crippen LogP contribution is 2.38. The second-order valence-electron chi connectivity index (χ2n) is 7.89. The third-order valence-corrected chi connectivity index (χ3v) is 4.96. The Hall–Kier alpha value is -2.45. The summed E-state index contributed by atoms with van der Waals surface area (Å²) in [6, 6.07) is 3.24. The van der Waals surface area contributed by atoms with E-state index >= 15 is 0 Å². The van der Waals surface area contributed by atoms with Crippen molar-refractivity contribution < 1.29 is 28.2 Å². The number of aromatic nitrogens is 1. The van der Waals surface area contributed by atoms with Gasteiger partial charge in [0.2, 0.25) is 5.88 Å². The topological polar surface area (TPSA) is 91.8 Å². The molecular formula is C20H27F2N3O4. The SMILES string of the molecule is CCC(=O)O.O=C(NCC1CC1)c1ccc(N2CC(F)(F)C2)c(OCC2CC2)n1. The van der Waals surface area contributed by atoms with Crippen LogP contribution in [0.1, 0.15) is 49.5 Å². The van der Waals surface area contributed by atoms with Gasteiger partial charge in [-0.1, -0.05) is 6.92 Å². The van der Waals surface area contributed by atoms with Crippen molar-refractivity contribution >= 4 is 17.6 Å². The summed E-state index contributed by atoms with van der Waals surface area (Å²) in [5.41, 5.74) is 0.817. The van der Waals surface area contributed by atoms with Crippen molar-refractivity contribution in [3.8, 4) is 5.88 Å². The standard InChI is InChI=1S/C17H21F2N3O2.C3H6O2/c18-17(19)9-22(10-17)14-6-5-13(15(23)20-7-11-1-2-11)21-16(14)24-8-12-3-4-12;1-2-3(4)5/h5-6,11-12H,1-4,7-10H2,(H,20,23);2H2,1H3,(H,4,5). The molecule has 0 bridgehead atoms. The van der Waals surface area contributed by atoms with Gasteiger partial charge >= 0.3 is 5.97 Å². The number of anilines is 1. The second-order valence-corrected chi connectivity index (χ2v) is 7.89. The lowest BCUT2D eigenvalue weighted by molar-refractivity contribution is -0.136. The van der Waals surface area contributed by atoms with E-state index in [2.05, 4.69) is 10.3 Å². The molecule has 4 rings (SSSR count). The third kappa shape index (κ3) is 6.54. The number of nitrogens with zero attached hydrogens (tertiary/aromatic N) is 2. The number of carboxylic acids is 1. The summed E-state index contributed by atoms with van der Waals surface area (Å²) >= 11 is 0. The van der Waals surface area contributed by atoms with Crippen LogP contribution < -0.4 is 15.0 Å². The van der Waals surface area contributed by atoms with E-state index in [0.717, 1.165) is 25.7 Å². The first-order valence-electron chi connectivity index (χ1n) is 10.0. The van der Waals surface area contributed by atoms with Crippen LogP contribution in [0.3, 0.4) is 0 Å². The monoisotopic (exact) mass is 411 g/mol. The highest BCUT2D eigenvalue weighted by molar-refractivity contribution is 5.92. The van der Waals surface area contributed by atoms with Crippen molar-refractivity contribution in [1.29, 1.82) is 0 Å². The quantitative estimate of drug-likeness (QED) is 0.683. The lowest BCUT2D eigenvalue weighted by Crippen LogP contribution is -2.56. The van der Waals surface area contributed by atoms with E-state index in [1.165, 1.54) is 0 Å². The lowest BCUT2D eigenvalue weighted by atomic mass is 10.1. The van der Waals surface area contributed by atoms with Crippen molar-refractivity contribution in [2.75, 3.05) is 31.1 Å². The smallest absolute Gasteiger partial charge is 0.303 e. The molecule has 0 radical (unpaired) electrons. The van der Waals surface area contributed by atoms with Crippen molar-refractivity contribution in [2.24, 2.45) is 11.8 Å². The third-order valence-electron chi connectivity index (χ3n) is 4.96. The molecule has 1 aliphatic heterocycles. The van der Waals surface area contributed by atoms with Crippen molar-refractivity contribution in [2.45, 2.75) is 45.0 Å². The van der Waals surface area contributed by atoms with Crippen LogP contribution in [-0.2, 0) is 4.79 Å². The maximum atomic E-state index is 13.2. The first-order valence-corrected chi connectivity index (χ1v) is 10.0. The fraction of sp³-hybridized carbons (Fsp3) is 0.650. The predicted molar refractivity (Wildman–Crippen MR) is 103 cm³/mol. The van der Waals surface area contributed by atoms with Crippen LogP contribution in [0.25, 0.3) is 0 Å². The highest BCUT2D eigenvalue weighted by Gasteiger charge is 2.45. The van der Waals surface area contributed by atoms with Gasteiger partial charge in [0, 0.05) is 13.0 Å². The van der Waals surface area contributed by atoms with E-state index in [4.69, 9.17) is 9.84 Å². The molecule has 0 atom stereocenters. The lowest BCUT2D eigenvalue weighted by Gasteiger charge is -2.40. The molecule has 1 aromatic rings. The molecule has 0 unspecified atom stereocenters. The van der Waals surface area contributed by atoms with Gasteiger partial charge in [-0.25, -0.2) is 13.8 Å². The summed E-state index contributed by atoms with van der Waals surface area (Å²) in [5.74, 6) is -2.25. The number of hydrogen-bond donors (Lipinski definition) is 2. The number of pyridine rings is 1. The summed E-state index contributed by atoms with van der Waals surface area (Å²) < 4.78 is 32.0. The normalized spacial score (nSPS) is 19.5. The maximum Gasteiger partial charge on any atom is 0.303 e. The van der Waals surface area contributed by atoms with Gasteiger partial charge in [-0.2, -0.15) is 0 Å². The zero-order chi connectivity index (χ0) is 21.0. The number of aliphatic carboxylic acids is 1. The Morgan fingerprint density at radius 3 is 2.38 bits per heavy atom. The Kier molecular flexibility index (Phi) is 6.54. The number of carboxylic acid groups (broad SMARTS) is 1. The molecule has 29 heavy (non-hydrogen) atoms. The van der Waals surface area contributed by atoms with E-state index in [1.54, 1.807) is 24.0 Å². The molecule has 2 heterocycles. The van der Waals surface area contributed by atoms with Gasteiger partial charge in [-0.15, -0.1) is 0 Å². The van der Waals surface area contributed by atoms with Crippen molar-refractivity contribution in [1.82, 2.24) is 10.3 Å². The molecule has 2 aliphatic carbocycles. The molecule has 3 fully saturated rings. The zero-order valence-electron chi connectivity index (χ0n) is 16.5. The molecule has 2 N–H and O–H groups in total. The minimum atomic E-state index is -2.66. The van der Waals surface area contributed by atoms with Gasteiger partial charge in [-0.05, 0) is 49.7 Å². The number of ether oxygens (including phenoxy) is 1. The van der Waals surface area contributed by atoms with Crippen LogP contribution in [0.2, 0.25) is 0 Å². The van der Waals surface area contributed by atoms with E-state index in [-0.39, 0.29) is 37.0 Å². The largest absolute Gasteiger partial charge is 0.481 e. The number of halogens is 2. The molecule has 1 amide bonds. The number of amides is 1. The number of carbonyl (C=O) groups is 2. The molecule has 1 saturated heterocycles. The average molecular weight is 411 g/mol. The fourth-order valence-corrected chi connectivity index (χ4v) is 2.72. The van der Waals surface area contributed by atoms with E-state index in [0.29, 0.717) is 30.7 Å². The minimum Gasteiger partial charge on any atom is -0.481 e. The van der Waals surface area contributed by atoms with Gasteiger partial charge in [0.05, 0.1) is 19.7 Å². The Balaban J connectivity index is 0.000000431. The van der Waals surface area contributed by atoms with Crippen LogP contribution in [0, 0.1) is 11.8 Å². The van der Waals surface area contributed by atoms with E-state index < -0.39 is 11.9 Å². The van der Waals surface area contributed by atoms with Gasteiger partial charge in [0.15, 0.2) is 0 Å². The number of rotatable bonds is 8. The average Bonchev–Trinajstić information content (AvgIpc) is 3.57. The number of hydrogen-bond acceptors (Lipinski definition) is 5. The summed E-state index contributed by atoms with van der Waals surface area (Å²) in [5, 5.41) is 10.6. The van der Waals surface area contributed by atoms with Crippen LogP contribution in [-0.4, -0.2) is 54.1 Å². The van der Waals surface area contributed by atoms with Crippen molar-refractivity contribution in [3.63, 3.8) is 0 Å². The zero-order valence-corrected chi connectivity index (χ0v) is 16.5. The van der Waals surface area contributed by atoms with Crippen LogP contribution in [0.4, 0.5) is 14.5 Å². The molecule has 0 aromatic carbocycles. The minimum absolute atomic E-state index is 0.222. The molecule has 7 nitrogen and oxygen atoms in total. The Bertz CT molecular complexity index is 743. The van der Waals surface area contributed by atoms with Crippen LogP contribution >= 0.6 is 0 Å². The van der Waals surface area contributed by atoms with Crippen molar-refractivity contribution in [3.05, 3.63) is 17.8 Å². The predicted octanol–water partition coefficient (Wildman–Crippen LogP) is 2.95. The molecule has 2 saturated carbocycles. The van der Waals surface area contributed by atoms with E-state index in [1.807, 2.05) is 0 Å². The van der Waals surface area contributed by atoms with E-state index in [9.17, 15) is 18.4 Å². The van der Waals surface area contributed by atoms with Gasteiger partial charge in [-0.3, -0.25) is 9.59 Å². The number of nitrogens with one attached hydrogen (secondary N) is 1. The summed E-state index contributed by atoms with van der Waals surface area (Å²) in [7, 11) is 0. The number of carbonyl (C=O) groups excluding carboxylic acids is 1. The van der Waals surface area contributed by atoms with Gasteiger partial charge < -0.3 is 20.1 Å². The first kappa shape index (κ1) is 21.3. The first-order chi connectivity index (χ1) is 13.8. The summed E-state index contributed by atoms with van der Waals surface area (Å²) in [4.78, 5) is 27.4. The second kappa shape index (κ2) is 8.92. The van der Waals surface area contributed by atoms with Gasteiger partial charge in [0.25, 0.3) is 11.8 Å². The molecule has 0 spiro atoms. The van der Waals surface area contributed by atoms with Crippen LogP contribution in [0.15, 0.2) is 12.1 Å². The van der Waals surface area contributed by atoms with Gasteiger partial charge in [0.1, 0.15) is 11.4 Å². The maximum absolute atomic E-state index is 13.2. The number of alkyl halides is 2. The molecular weight excluding hydrogens is 384 g/mol. The van der Waals surface area contributed by atoms with Crippen LogP contribution in [0.5, 0.6) is 5.88 Å². The molecule has 160 valence electrons. The fourth-order valence-electron chi connectivity index (χ4n) is 2.72. The molecule has 3 aliphatic rings. The molecule has 1 aromatic heterocycles. The summed E-state index contributed by atoms with van der Waals surface area (Å²) in [6.45, 7) is 2.13. The molecule has 9 heteroatoms. The Labute approximate surface area is 168 Å². The Morgan fingerprint density at radius 1 is 1.24 bits per heavy atom.